The number of carbonyl (C=O) groups excluding carboxylic acids is 1. The van der Waals surface area contributed by atoms with Crippen molar-refractivity contribution in [1.82, 2.24) is 4.90 Å². The van der Waals surface area contributed by atoms with E-state index in [0.717, 1.165) is 31.5 Å². The second-order valence-corrected chi connectivity index (χ2v) is 6.02. The Morgan fingerprint density at radius 1 is 1.25 bits per heavy atom. The van der Waals surface area contributed by atoms with Gasteiger partial charge in [-0.15, -0.1) is 0 Å². The SMILES string of the molecule is CCC1(CC)CCN(C(=O)c2cc(C)ccc2O)CC1. The third-order valence-corrected chi connectivity index (χ3v) is 4.99. The van der Waals surface area contributed by atoms with E-state index in [0.29, 0.717) is 11.0 Å². The summed E-state index contributed by atoms with van der Waals surface area (Å²) in [6.45, 7) is 8.02. The highest BCUT2D eigenvalue weighted by Gasteiger charge is 2.33. The molecule has 20 heavy (non-hydrogen) atoms. The lowest BCUT2D eigenvalue weighted by molar-refractivity contribution is 0.0555. The van der Waals surface area contributed by atoms with Crippen molar-refractivity contribution in [3.63, 3.8) is 0 Å². The van der Waals surface area contributed by atoms with E-state index in [4.69, 9.17) is 0 Å². The molecule has 3 heteroatoms. The number of hydrogen-bond donors (Lipinski definition) is 1. The van der Waals surface area contributed by atoms with Crippen LogP contribution in [-0.4, -0.2) is 29.0 Å². The number of phenols is 1. The summed E-state index contributed by atoms with van der Waals surface area (Å²) in [6, 6.07) is 5.20. The number of hydrogen-bond acceptors (Lipinski definition) is 2. The summed E-state index contributed by atoms with van der Waals surface area (Å²) in [5, 5.41) is 9.88. The predicted molar refractivity (Wildman–Crippen MR) is 81.0 cm³/mol. The molecule has 3 nitrogen and oxygen atoms in total. The van der Waals surface area contributed by atoms with Crippen LogP contribution in [0.5, 0.6) is 5.75 Å². The van der Waals surface area contributed by atoms with Gasteiger partial charge in [0.25, 0.3) is 5.91 Å². The molecule has 1 saturated heterocycles. The van der Waals surface area contributed by atoms with Gasteiger partial charge in [0.05, 0.1) is 5.56 Å². The number of piperidine rings is 1. The highest BCUT2D eigenvalue weighted by Crippen LogP contribution is 2.38. The van der Waals surface area contributed by atoms with Gasteiger partial charge in [-0.25, -0.2) is 0 Å². The lowest BCUT2D eigenvalue weighted by Crippen LogP contribution is -2.42. The molecule has 0 spiro atoms. The Hall–Kier alpha value is -1.51. The normalized spacial score (nSPS) is 18.1. The summed E-state index contributed by atoms with van der Waals surface area (Å²) >= 11 is 0. The molecular weight excluding hydrogens is 250 g/mol. The van der Waals surface area contributed by atoms with E-state index in [-0.39, 0.29) is 11.7 Å². The Balaban J connectivity index is 2.10. The van der Waals surface area contributed by atoms with E-state index in [1.54, 1.807) is 12.1 Å². The third-order valence-electron chi connectivity index (χ3n) is 4.99. The largest absolute Gasteiger partial charge is 0.507 e. The molecule has 0 atom stereocenters. The molecule has 2 rings (SSSR count). The fraction of sp³-hybridized carbons (Fsp3) is 0.588. The van der Waals surface area contributed by atoms with Gasteiger partial charge in [-0.2, -0.15) is 0 Å². The standard InChI is InChI=1S/C17H25NO2/c1-4-17(5-2)8-10-18(11-9-17)16(20)14-12-13(3)6-7-15(14)19/h6-7,12,19H,4-5,8-11H2,1-3H3. The number of amides is 1. The van der Waals surface area contributed by atoms with Crippen LogP contribution < -0.4 is 0 Å². The van der Waals surface area contributed by atoms with E-state index in [1.165, 1.54) is 12.8 Å². The molecule has 1 aliphatic rings. The predicted octanol–water partition coefficient (Wildman–Crippen LogP) is 3.74. The van der Waals surface area contributed by atoms with Gasteiger partial charge in [0.2, 0.25) is 0 Å². The number of benzene rings is 1. The van der Waals surface area contributed by atoms with Gasteiger partial charge in [-0.05, 0) is 37.3 Å². The second kappa shape index (κ2) is 5.86. The number of aromatic hydroxyl groups is 1. The van der Waals surface area contributed by atoms with Crippen molar-refractivity contribution in [2.24, 2.45) is 5.41 Å². The fourth-order valence-electron chi connectivity index (χ4n) is 3.13. The molecule has 1 fully saturated rings. The quantitative estimate of drug-likeness (QED) is 0.912. The lowest BCUT2D eigenvalue weighted by atomic mass is 9.74. The Bertz CT molecular complexity index is 482. The smallest absolute Gasteiger partial charge is 0.257 e. The number of aryl methyl sites for hydroxylation is 1. The molecule has 0 bridgehead atoms. The number of likely N-dealkylation sites (tertiary alicyclic amines) is 1. The van der Waals surface area contributed by atoms with Gasteiger partial charge in [0, 0.05) is 13.1 Å². The molecule has 1 aromatic carbocycles. The Labute approximate surface area is 121 Å². The Morgan fingerprint density at radius 3 is 2.40 bits per heavy atom. The molecule has 1 N–H and O–H groups in total. The van der Waals surface area contributed by atoms with Crippen LogP contribution in [0.1, 0.15) is 55.5 Å². The summed E-state index contributed by atoms with van der Waals surface area (Å²) in [5.74, 6) is 0.0513. The Kier molecular flexibility index (Phi) is 4.36. The van der Waals surface area contributed by atoms with Crippen LogP contribution in [0.2, 0.25) is 0 Å². The monoisotopic (exact) mass is 275 g/mol. The summed E-state index contributed by atoms with van der Waals surface area (Å²) in [7, 11) is 0. The molecule has 1 aromatic rings. The Morgan fingerprint density at radius 2 is 1.85 bits per heavy atom. The van der Waals surface area contributed by atoms with Crippen LogP contribution >= 0.6 is 0 Å². The highest BCUT2D eigenvalue weighted by atomic mass is 16.3. The minimum Gasteiger partial charge on any atom is -0.507 e. The number of nitrogens with zero attached hydrogens (tertiary/aromatic N) is 1. The van der Waals surface area contributed by atoms with Crippen molar-refractivity contribution >= 4 is 5.91 Å². The third kappa shape index (κ3) is 2.82. The van der Waals surface area contributed by atoms with Crippen LogP contribution in [0.3, 0.4) is 0 Å². The zero-order valence-electron chi connectivity index (χ0n) is 12.8. The second-order valence-electron chi connectivity index (χ2n) is 6.02. The topological polar surface area (TPSA) is 40.5 Å². The van der Waals surface area contributed by atoms with Crippen molar-refractivity contribution in [1.29, 1.82) is 0 Å². The average molecular weight is 275 g/mol. The van der Waals surface area contributed by atoms with E-state index in [2.05, 4.69) is 13.8 Å². The maximum atomic E-state index is 12.5. The van der Waals surface area contributed by atoms with Crippen LogP contribution in [-0.2, 0) is 0 Å². The molecule has 1 aliphatic heterocycles. The minimum absolute atomic E-state index is 0.0352. The molecule has 110 valence electrons. The number of carbonyl (C=O) groups is 1. The molecule has 1 heterocycles. The van der Waals surface area contributed by atoms with E-state index in [9.17, 15) is 9.90 Å². The van der Waals surface area contributed by atoms with Gasteiger partial charge < -0.3 is 10.0 Å². The van der Waals surface area contributed by atoms with E-state index < -0.39 is 0 Å². The van der Waals surface area contributed by atoms with Crippen LogP contribution in [0.4, 0.5) is 0 Å². The molecule has 0 aromatic heterocycles. The highest BCUT2D eigenvalue weighted by molar-refractivity contribution is 5.97. The molecule has 0 radical (unpaired) electrons. The van der Waals surface area contributed by atoms with Crippen LogP contribution in [0.15, 0.2) is 18.2 Å². The van der Waals surface area contributed by atoms with E-state index >= 15 is 0 Å². The van der Waals surface area contributed by atoms with Crippen molar-refractivity contribution < 1.29 is 9.90 Å². The first-order valence-electron chi connectivity index (χ1n) is 7.60. The van der Waals surface area contributed by atoms with Gasteiger partial charge in [0.1, 0.15) is 5.75 Å². The van der Waals surface area contributed by atoms with E-state index in [1.807, 2.05) is 17.9 Å². The first-order chi connectivity index (χ1) is 9.51. The molecule has 0 aliphatic carbocycles. The zero-order chi connectivity index (χ0) is 14.8. The van der Waals surface area contributed by atoms with Crippen molar-refractivity contribution in [2.45, 2.75) is 46.5 Å². The van der Waals surface area contributed by atoms with Gasteiger partial charge in [0.15, 0.2) is 0 Å². The first kappa shape index (κ1) is 14.9. The molecule has 0 saturated carbocycles. The van der Waals surface area contributed by atoms with Gasteiger partial charge in [-0.1, -0.05) is 38.3 Å². The molecule has 1 amide bonds. The summed E-state index contributed by atoms with van der Waals surface area (Å²) in [6.07, 6.45) is 4.50. The minimum atomic E-state index is -0.0352. The molecular formula is C17H25NO2. The van der Waals surface area contributed by atoms with Gasteiger partial charge in [-0.3, -0.25) is 4.79 Å². The summed E-state index contributed by atoms with van der Waals surface area (Å²) in [5.41, 5.74) is 1.84. The summed E-state index contributed by atoms with van der Waals surface area (Å²) in [4.78, 5) is 14.4. The number of phenolic OH excluding ortho intramolecular Hbond substituents is 1. The molecule has 0 unspecified atom stereocenters. The maximum Gasteiger partial charge on any atom is 0.257 e. The van der Waals surface area contributed by atoms with Crippen LogP contribution in [0, 0.1) is 12.3 Å². The van der Waals surface area contributed by atoms with Crippen LogP contribution in [0.25, 0.3) is 0 Å². The maximum absolute atomic E-state index is 12.5. The fourth-order valence-corrected chi connectivity index (χ4v) is 3.13. The first-order valence-corrected chi connectivity index (χ1v) is 7.60. The average Bonchev–Trinajstić information content (AvgIpc) is 2.49. The van der Waals surface area contributed by atoms with Crippen molar-refractivity contribution in [3.8, 4) is 5.75 Å². The number of rotatable bonds is 3. The van der Waals surface area contributed by atoms with Crippen molar-refractivity contribution in [3.05, 3.63) is 29.3 Å². The lowest BCUT2D eigenvalue weighted by Gasteiger charge is -2.41. The van der Waals surface area contributed by atoms with Crippen molar-refractivity contribution in [2.75, 3.05) is 13.1 Å². The summed E-state index contributed by atoms with van der Waals surface area (Å²) < 4.78 is 0. The zero-order valence-corrected chi connectivity index (χ0v) is 12.8. The van der Waals surface area contributed by atoms with Gasteiger partial charge >= 0.3 is 0 Å².